The van der Waals surface area contributed by atoms with Gasteiger partial charge in [-0.1, -0.05) is 6.07 Å². The second kappa shape index (κ2) is 5.95. The van der Waals surface area contributed by atoms with E-state index in [1.54, 1.807) is 14.0 Å². The van der Waals surface area contributed by atoms with E-state index in [-0.39, 0.29) is 11.9 Å². The molecule has 16 heavy (non-hydrogen) atoms. The third-order valence-corrected chi connectivity index (χ3v) is 2.11. The van der Waals surface area contributed by atoms with Crippen LogP contribution in [0.1, 0.15) is 13.8 Å². The highest BCUT2D eigenvalue weighted by Crippen LogP contribution is 2.09. The Bertz CT molecular complexity index is 354. The molecule has 0 aliphatic heterocycles. The summed E-state index contributed by atoms with van der Waals surface area (Å²) in [7, 11) is 1.80. The molecule has 1 heterocycles. The average Bonchev–Trinajstić information content (AvgIpc) is 2.29. The first-order valence-corrected chi connectivity index (χ1v) is 5.36. The summed E-state index contributed by atoms with van der Waals surface area (Å²) >= 11 is 0. The third kappa shape index (κ3) is 3.42. The number of hydrogen-bond acceptors (Lipinski definition) is 4. The number of rotatable bonds is 5. The molecular formula is C11H18N4O. The minimum Gasteiger partial charge on any atom is -0.373 e. The smallest absolute Gasteiger partial charge is 0.242 e. The van der Waals surface area contributed by atoms with Gasteiger partial charge in [-0.05, 0) is 26.0 Å². The molecule has 0 radical (unpaired) electrons. The van der Waals surface area contributed by atoms with Crippen molar-refractivity contribution >= 4 is 17.5 Å². The molecule has 1 unspecified atom stereocenters. The Kier molecular flexibility index (Phi) is 4.57. The fourth-order valence-corrected chi connectivity index (χ4v) is 1.27. The summed E-state index contributed by atoms with van der Waals surface area (Å²) in [5.74, 6) is 1.43. The van der Waals surface area contributed by atoms with Crippen LogP contribution in [0.5, 0.6) is 0 Å². The number of carbonyl (C=O) groups excluding carboxylic acids is 1. The van der Waals surface area contributed by atoms with Gasteiger partial charge in [0.1, 0.15) is 17.7 Å². The molecule has 3 N–H and O–H groups in total. The second-order valence-corrected chi connectivity index (χ2v) is 3.42. The van der Waals surface area contributed by atoms with Crippen LogP contribution < -0.4 is 16.0 Å². The minimum absolute atomic E-state index is 0.0286. The Morgan fingerprint density at radius 1 is 1.44 bits per heavy atom. The molecule has 0 saturated heterocycles. The van der Waals surface area contributed by atoms with E-state index in [4.69, 9.17) is 0 Å². The van der Waals surface area contributed by atoms with Gasteiger partial charge in [-0.2, -0.15) is 0 Å². The highest BCUT2D eigenvalue weighted by atomic mass is 16.2. The van der Waals surface area contributed by atoms with Gasteiger partial charge in [-0.25, -0.2) is 4.98 Å². The van der Waals surface area contributed by atoms with E-state index in [9.17, 15) is 4.79 Å². The Labute approximate surface area is 95.7 Å². The van der Waals surface area contributed by atoms with Crippen LogP contribution in [0, 0.1) is 0 Å². The van der Waals surface area contributed by atoms with Crippen LogP contribution in [0.25, 0.3) is 0 Å². The normalized spacial score (nSPS) is 11.7. The average molecular weight is 222 g/mol. The summed E-state index contributed by atoms with van der Waals surface area (Å²) < 4.78 is 0. The lowest BCUT2D eigenvalue weighted by atomic mass is 10.3. The van der Waals surface area contributed by atoms with E-state index in [1.807, 2.05) is 25.1 Å². The maximum Gasteiger partial charge on any atom is 0.242 e. The van der Waals surface area contributed by atoms with Gasteiger partial charge in [0.05, 0.1) is 0 Å². The van der Waals surface area contributed by atoms with E-state index in [0.717, 1.165) is 5.82 Å². The molecule has 5 nitrogen and oxygen atoms in total. The Hall–Kier alpha value is -1.78. The molecule has 5 heteroatoms. The second-order valence-electron chi connectivity index (χ2n) is 3.42. The monoisotopic (exact) mass is 222 g/mol. The molecule has 0 aliphatic rings. The quantitative estimate of drug-likeness (QED) is 0.697. The first-order chi connectivity index (χ1) is 7.67. The third-order valence-electron chi connectivity index (χ3n) is 2.11. The van der Waals surface area contributed by atoms with Crippen molar-refractivity contribution < 1.29 is 4.79 Å². The first kappa shape index (κ1) is 12.3. The number of pyridine rings is 1. The van der Waals surface area contributed by atoms with Crippen LogP contribution in [0.3, 0.4) is 0 Å². The van der Waals surface area contributed by atoms with E-state index < -0.39 is 0 Å². The standard InChI is InChI=1S/C11H18N4O/c1-4-13-11(16)8(2)14-10-7-5-6-9(12-3)15-10/h5-8H,4H2,1-3H3,(H,13,16)(H2,12,14,15). The molecule has 88 valence electrons. The number of carbonyl (C=O) groups is 1. The van der Waals surface area contributed by atoms with Crippen molar-refractivity contribution in [3.63, 3.8) is 0 Å². The largest absolute Gasteiger partial charge is 0.373 e. The van der Waals surface area contributed by atoms with E-state index in [0.29, 0.717) is 12.4 Å². The van der Waals surface area contributed by atoms with Gasteiger partial charge >= 0.3 is 0 Å². The zero-order valence-electron chi connectivity index (χ0n) is 9.87. The molecule has 0 aliphatic carbocycles. The number of amides is 1. The molecule has 1 aromatic heterocycles. The topological polar surface area (TPSA) is 66.1 Å². The molecule has 0 aromatic carbocycles. The maximum atomic E-state index is 11.5. The number of nitrogens with one attached hydrogen (secondary N) is 3. The number of aromatic nitrogens is 1. The lowest BCUT2D eigenvalue weighted by Crippen LogP contribution is -2.37. The summed E-state index contributed by atoms with van der Waals surface area (Å²) in [6.07, 6.45) is 0. The number of likely N-dealkylation sites (N-methyl/N-ethyl adjacent to an activating group) is 1. The Morgan fingerprint density at radius 2 is 2.12 bits per heavy atom. The summed E-state index contributed by atoms with van der Waals surface area (Å²) in [5, 5.41) is 8.73. The van der Waals surface area contributed by atoms with Gasteiger partial charge in [0.25, 0.3) is 0 Å². The maximum absolute atomic E-state index is 11.5. The molecule has 1 rings (SSSR count). The fourth-order valence-electron chi connectivity index (χ4n) is 1.27. The van der Waals surface area contributed by atoms with Gasteiger partial charge in [0.2, 0.25) is 5.91 Å². The van der Waals surface area contributed by atoms with Crippen LogP contribution in [-0.4, -0.2) is 30.5 Å². The van der Waals surface area contributed by atoms with Crippen molar-refractivity contribution in [2.45, 2.75) is 19.9 Å². The number of nitrogens with zero attached hydrogens (tertiary/aromatic N) is 1. The van der Waals surface area contributed by atoms with E-state index >= 15 is 0 Å². The van der Waals surface area contributed by atoms with Crippen LogP contribution in [0.2, 0.25) is 0 Å². The van der Waals surface area contributed by atoms with Crippen molar-refractivity contribution in [2.75, 3.05) is 24.2 Å². The molecule has 0 spiro atoms. The molecule has 1 amide bonds. The molecule has 0 saturated carbocycles. The van der Waals surface area contributed by atoms with Gasteiger partial charge in [-0.3, -0.25) is 4.79 Å². The van der Waals surface area contributed by atoms with Gasteiger partial charge in [0, 0.05) is 13.6 Å². The summed E-state index contributed by atoms with van der Waals surface area (Å²) in [6.45, 7) is 4.33. The van der Waals surface area contributed by atoms with Crippen LogP contribution in [0.15, 0.2) is 18.2 Å². The highest BCUT2D eigenvalue weighted by molar-refractivity contribution is 5.83. The van der Waals surface area contributed by atoms with Crippen LogP contribution in [0.4, 0.5) is 11.6 Å². The molecular weight excluding hydrogens is 204 g/mol. The predicted octanol–water partition coefficient (Wildman–Crippen LogP) is 1.06. The summed E-state index contributed by atoms with van der Waals surface area (Å²) in [5.41, 5.74) is 0. The number of hydrogen-bond donors (Lipinski definition) is 3. The van der Waals surface area contributed by atoms with E-state index in [2.05, 4.69) is 20.9 Å². The summed E-state index contributed by atoms with van der Waals surface area (Å²) in [4.78, 5) is 15.8. The van der Waals surface area contributed by atoms with E-state index in [1.165, 1.54) is 0 Å². The van der Waals surface area contributed by atoms with Crippen molar-refractivity contribution in [2.24, 2.45) is 0 Å². The zero-order chi connectivity index (χ0) is 12.0. The van der Waals surface area contributed by atoms with Crippen LogP contribution >= 0.6 is 0 Å². The van der Waals surface area contributed by atoms with Crippen molar-refractivity contribution in [3.8, 4) is 0 Å². The molecule has 0 fully saturated rings. The zero-order valence-corrected chi connectivity index (χ0v) is 9.87. The van der Waals surface area contributed by atoms with Gasteiger partial charge in [0.15, 0.2) is 0 Å². The van der Waals surface area contributed by atoms with Crippen molar-refractivity contribution in [1.82, 2.24) is 10.3 Å². The van der Waals surface area contributed by atoms with Gasteiger partial charge < -0.3 is 16.0 Å². The van der Waals surface area contributed by atoms with Crippen LogP contribution in [-0.2, 0) is 4.79 Å². The van der Waals surface area contributed by atoms with Crippen molar-refractivity contribution in [3.05, 3.63) is 18.2 Å². The molecule has 1 atom stereocenters. The Balaban J connectivity index is 2.61. The molecule has 0 bridgehead atoms. The summed E-state index contributed by atoms with van der Waals surface area (Å²) in [6, 6.07) is 5.28. The molecule has 1 aromatic rings. The predicted molar refractivity (Wildman–Crippen MR) is 65.6 cm³/mol. The minimum atomic E-state index is -0.292. The van der Waals surface area contributed by atoms with Gasteiger partial charge in [-0.15, -0.1) is 0 Å². The first-order valence-electron chi connectivity index (χ1n) is 5.36. The SMILES string of the molecule is CCNC(=O)C(C)Nc1cccc(NC)n1. The Morgan fingerprint density at radius 3 is 2.75 bits per heavy atom. The fraction of sp³-hybridized carbons (Fsp3) is 0.455. The van der Waals surface area contributed by atoms with Crippen molar-refractivity contribution in [1.29, 1.82) is 0 Å². The lowest BCUT2D eigenvalue weighted by molar-refractivity contribution is -0.121. The highest BCUT2D eigenvalue weighted by Gasteiger charge is 2.11. The number of anilines is 2. The lowest BCUT2D eigenvalue weighted by Gasteiger charge is -2.14.